The Bertz CT molecular complexity index is 1600. The zero-order valence-electron chi connectivity index (χ0n) is 28.3. The second-order valence-corrected chi connectivity index (χ2v) is 17.7. The lowest BCUT2D eigenvalue weighted by molar-refractivity contribution is 0.179. The quantitative estimate of drug-likeness (QED) is 0.422. The largest absolute Gasteiger partial charge is 0.378 e. The Hall–Kier alpha value is -2.53. The van der Waals surface area contributed by atoms with Gasteiger partial charge in [-0.1, -0.05) is 38.3 Å². The monoisotopic (exact) mass is 684 g/mol. The molecule has 0 bridgehead atoms. The van der Waals surface area contributed by atoms with E-state index in [1.54, 1.807) is 26.8 Å². The predicted molar refractivity (Wildman–Crippen MR) is 187 cm³/mol. The van der Waals surface area contributed by atoms with Crippen LogP contribution in [0, 0.1) is 23.2 Å². The molecule has 0 spiro atoms. The smallest absolute Gasteiger partial charge is 0.282 e. The molecule has 5 rings (SSSR count). The fourth-order valence-electron chi connectivity index (χ4n) is 7.45. The Balaban J connectivity index is 1.39. The maximum Gasteiger partial charge on any atom is 0.282 e. The van der Waals surface area contributed by atoms with Crippen molar-refractivity contribution in [2.45, 2.75) is 69.7 Å². The first-order valence-electron chi connectivity index (χ1n) is 17.2. The summed E-state index contributed by atoms with van der Waals surface area (Å²) >= 11 is 0. The molecule has 258 valence electrons. The number of anilines is 1. The standard InChI is InChI=1S/C35H52N6O4S2/c1-29-25-39(46(42,43)34-16-14-33(15-17-34)37(2)3)21-8-19-38(27-30-10-5-4-6-11-30)20-9-22-40(26-29)47(44,45)41-23-18-35-31(24-36)12-7-13-32(35)28-41/h7,12-17,29-30H,4-6,8-11,18-23,25-28H2,1-3H3/t29-/m0/s1. The van der Waals surface area contributed by atoms with Crippen molar-refractivity contribution >= 4 is 25.9 Å². The third-order valence-electron chi connectivity index (χ3n) is 10.0. The Morgan fingerprint density at radius 2 is 1.47 bits per heavy atom. The van der Waals surface area contributed by atoms with Gasteiger partial charge in [-0.05, 0) is 98.5 Å². The average Bonchev–Trinajstić information content (AvgIpc) is 3.06. The van der Waals surface area contributed by atoms with Crippen LogP contribution in [0.5, 0.6) is 0 Å². The molecule has 0 aromatic heterocycles. The summed E-state index contributed by atoms with van der Waals surface area (Å²) in [7, 11) is -3.79. The van der Waals surface area contributed by atoms with E-state index < -0.39 is 20.2 Å². The summed E-state index contributed by atoms with van der Waals surface area (Å²) in [6.07, 6.45) is 8.21. The van der Waals surface area contributed by atoms with Crippen LogP contribution in [0.2, 0.25) is 0 Å². The fraction of sp³-hybridized carbons (Fsp3) is 0.629. The molecule has 47 heavy (non-hydrogen) atoms. The zero-order chi connectivity index (χ0) is 33.6. The molecule has 10 nitrogen and oxygen atoms in total. The number of hydrogen-bond acceptors (Lipinski definition) is 7. The van der Waals surface area contributed by atoms with Gasteiger partial charge in [-0.3, -0.25) is 0 Å². The number of nitriles is 1. The van der Waals surface area contributed by atoms with Gasteiger partial charge in [-0.2, -0.15) is 26.6 Å². The van der Waals surface area contributed by atoms with Gasteiger partial charge < -0.3 is 9.80 Å². The summed E-state index contributed by atoms with van der Waals surface area (Å²) in [5.74, 6) is 0.416. The van der Waals surface area contributed by atoms with Crippen LogP contribution in [0.4, 0.5) is 5.69 Å². The van der Waals surface area contributed by atoms with Gasteiger partial charge in [0, 0.05) is 65.6 Å². The molecule has 0 N–H and O–H groups in total. The van der Waals surface area contributed by atoms with Crippen LogP contribution in [0.1, 0.15) is 68.6 Å². The highest BCUT2D eigenvalue weighted by molar-refractivity contribution is 7.89. The highest BCUT2D eigenvalue weighted by Gasteiger charge is 2.35. The van der Waals surface area contributed by atoms with Gasteiger partial charge in [-0.15, -0.1) is 0 Å². The molecule has 1 atom stereocenters. The second kappa shape index (κ2) is 15.8. The summed E-state index contributed by atoms with van der Waals surface area (Å²) in [5.41, 5.74) is 3.34. The SMILES string of the molecule is C[C@H]1CN(S(=O)(=O)c2ccc(N(C)C)cc2)CCCN(CC2CCCCC2)CCCN(S(=O)(=O)N2CCc3c(C#N)cccc3C2)C1. The van der Waals surface area contributed by atoms with Crippen molar-refractivity contribution in [3.63, 3.8) is 0 Å². The van der Waals surface area contributed by atoms with Crippen LogP contribution in [0.25, 0.3) is 0 Å². The Labute approximate surface area is 283 Å². The molecule has 1 aliphatic carbocycles. The summed E-state index contributed by atoms with van der Waals surface area (Å²) in [4.78, 5) is 4.64. The van der Waals surface area contributed by atoms with E-state index in [9.17, 15) is 22.1 Å². The summed E-state index contributed by atoms with van der Waals surface area (Å²) < 4.78 is 61.4. The number of rotatable bonds is 7. The van der Waals surface area contributed by atoms with Crippen molar-refractivity contribution in [1.29, 1.82) is 5.26 Å². The topological polar surface area (TPSA) is 108 Å². The second-order valence-electron chi connectivity index (χ2n) is 13.9. The zero-order valence-corrected chi connectivity index (χ0v) is 30.0. The van der Waals surface area contributed by atoms with Crippen LogP contribution in [0.3, 0.4) is 0 Å². The van der Waals surface area contributed by atoms with Gasteiger partial charge in [-0.25, -0.2) is 8.42 Å². The van der Waals surface area contributed by atoms with Crippen molar-refractivity contribution in [2.75, 3.05) is 71.4 Å². The van der Waals surface area contributed by atoms with Crippen LogP contribution in [-0.4, -0.2) is 101 Å². The normalized spacial score (nSPS) is 22.5. The third kappa shape index (κ3) is 8.74. The van der Waals surface area contributed by atoms with Crippen molar-refractivity contribution < 1.29 is 16.8 Å². The van der Waals surface area contributed by atoms with Crippen molar-refractivity contribution in [1.82, 2.24) is 17.8 Å². The first-order valence-corrected chi connectivity index (χ1v) is 20.1. The summed E-state index contributed by atoms with van der Waals surface area (Å²) in [6.45, 7) is 6.29. The predicted octanol–water partition coefficient (Wildman–Crippen LogP) is 4.53. The number of nitrogens with zero attached hydrogens (tertiary/aromatic N) is 6. The van der Waals surface area contributed by atoms with E-state index >= 15 is 0 Å². The first kappa shape index (κ1) is 35.8. The van der Waals surface area contributed by atoms with E-state index in [0.29, 0.717) is 37.5 Å². The molecule has 0 radical (unpaired) electrons. The van der Waals surface area contributed by atoms with Crippen molar-refractivity contribution in [3.05, 3.63) is 59.2 Å². The van der Waals surface area contributed by atoms with Crippen LogP contribution in [0.15, 0.2) is 47.4 Å². The van der Waals surface area contributed by atoms with Gasteiger partial charge >= 0.3 is 0 Å². The van der Waals surface area contributed by atoms with Gasteiger partial charge in [0.15, 0.2) is 0 Å². The molecular formula is C35H52N6O4S2. The third-order valence-corrected chi connectivity index (χ3v) is 13.9. The van der Waals surface area contributed by atoms with E-state index in [1.165, 1.54) is 36.4 Å². The van der Waals surface area contributed by atoms with E-state index in [-0.39, 0.29) is 30.4 Å². The fourth-order valence-corrected chi connectivity index (χ4v) is 10.8. The summed E-state index contributed by atoms with van der Waals surface area (Å²) in [6, 6.07) is 14.7. The molecule has 0 amide bonds. The van der Waals surface area contributed by atoms with E-state index in [1.807, 2.05) is 50.2 Å². The van der Waals surface area contributed by atoms with E-state index in [2.05, 4.69) is 11.0 Å². The lowest BCUT2D eigenvalue weighted by atomic mass is 9.89. The van der Waals surface area contributed by atoms with Crippen LogP contribution in [-0.2, 0) is 33.2 Å². The number of sulfonamides is 1. The van der Waals surface area contributed by atoms with Crippen molar-refractivity contribution in [2.24, 2.45) is 11.8 Å². The number of hydrogen-bond donors (Lipinski definition) is 0. The molecule has 2 aromatic rings. The molecule has 1 saturated carbocycles. The Morgan fingerprint density at radius 3 is 2.13 bits per heavy atom. The minimum Gasteiger partial charge on any atom is -0.378 e. The molecule has 2 fully saturated rings. The molecule has 2 aromatic carbocycles. The van der Waals surface area contributed by atoms with E-state index in [4.69, 9.17) is 0 Å². The Kier molecular flexibility index (Phi) is 12.0. The highest BCUT2D eigenvalue weighted by Crippen LogP contribution is 2.28. The summed E-state index contributed by atoms with van der Waals surface area (Å²) in [5, 5.41) is 9.57. The number of fused-ring (bicyclic) bond motifs is 1. The maximum absolute atomic E-state index is 14.3. The first-order chi connectivity index (χ1) is 22.5. The lowest BCUT2D eigenvalue weighted by Crippen LogP contribution is -2.49. The van der Waals surface area contributed by atoms with E-state index in [0.717, 1.165) is 49.3 Å². The van der Waals surface area contributed by atoms with Gasteiger partial charge in [0.25, 0.3) is 10.2 Å². The molecular weight excluding hydrogens is 633 g/mol. The molecule has 2 aliphatic heterocycles. The minimum atomic E-state index is -3.84. The molecule has 3 aliphatic rings. The van der Waals surface area contributed by atoms with Gasteiger partial charge in [0.2, 0.25) is 10.0 Å². The molecule has 12 heteroatoms. The van der Waals surface area contributed by atoms with Crippen molar-refractivity contribution in [3.8, 4) is 6.07 Å². The van der Waals surface area contributed by atoms with Gasteiger partial charge in [0.05, 0.1) is 16.5 Å². The lowest BCUT2D eigenvalue weighted by Gasteiger charge is -2.36. The van der Waals surface area contributed by atoms with Crippen LogP contribution < -0.4 is 4.90 Å². The molecule has 1 saturated heterocycles. The number of benzene rings is 2. The maximum atomic E-state index is 14.3. The minimum absolute atomic E-state index is 0.222. The Morgan fingerprint density at radius 1 is 0.809 bits per heavy atom. The molecule has 0 unspecified atom stereocenters. The average molecular weight is 685 g/mol. The van der Waals surface area contributed by atoms with Crippen LogP contribution >= 0.6 is 0 Å². The highest BCUT2D eigenvalue weighted by atomic mass is 32.2. The van der Waals surface area contributed by atoms with Gasteiger partial charge in [0.1, 0.15) is 0 Å². The molecule has 2 heterocycles.